The number of guanidine groups is 1. The van der Waals surface area contributed by atoms with Crippen LogP contribution in [-0.4, -0.2) is 48.2 Å². The molecule has 8 heteroatoms. The molecule has 31 heavy (non-hydrogen) atoms. The van der Waals surface area contributed by atoms with Gasteiger partial charge in [0.2, 0.25) is 5.88 Å². The van der Waals surface area contributed by atoms with Crippen LogP contribution in [0.3, 0.4) is 0 Å². The first-order valence-electron chi connectivity index (χ1n) is 10.9. The third-order valence-corrected chi connectivity index (χ3v) is 5.18. The summed E-state index contributed by atoms with van der Waals surface area (Å²) in [5.74, 6) is 2.05. The zero-order chi connectivity index (χ0) is 22.2. The maximum Gasteiger partial charge on any atom is 0.213 e. The maximum atomic E-state index is 14.0. The number of anilines is 1. The number of aliphatic imine (C=N–C) groups is 1. The number of aromatic nitrogens is 2. The van der Waals surface area contributed by atoms with Crippen LogP contribution in [0.1, 0.15) is 39.2 Å². The predicted octanol–water partition coefficient (Wildman–Crippen LogP) is 3.37. The highest BCUT2D eigenvalue weighted by Crippen LogP contribution is 2.21. The number of hydrogen-bond acceptors (Lipinski definition) is 5. The van der Waals surface area contributed by atoms with Gasteiger partial charge in [0, 0.05) is 51.2 Å². The summed E-state index contributed by atoms with van der Waals surface area (Å²) in [7, 11) is 1.75. The van der Waals surface area contributed by atoms with E-state index in [1.54, 1.807) is 25.5 Å². The van der Waals surface area contributed by atoms with Crippen molar-refractivity contribution in [2.75, 3.05) is 25.0 Å². The van der Waals surface area contributed by atoms with Gasteiger partial charge in [-0.15, -0.1) is 0 Å². The minimum Gasteiger partial charge on any atom is -0.475 e. The molecule has 0 aromatic carbocycles. The van der Waals surface area contributed by atoms with E-state index in [2.05, 4.69) is 46.4 Å². The van der Waals surface area contributed by atoms with Gasteiger partial charge in [0.1, 0.15) is 0 Å². The van der Waals surface area contributed by atoms with Crippen molar-refractivity contribution in [3.05, 3.63) is 48.0 Å². The van der Waals surface area contributed by atoms with Crippen molar-refractivity contribution >= 4 is 11.8 Å². The monoisotopic (exact) mass is 428 g/mol. The van der Waals surface area contributed by atoms with Gasteiger partial charge >= 0.3 is 0 Å². The van der Waals surface area contributed by atoms with Crippen LogP contribution in [0.25, 0.3) is 0 Å². The number of ether oxygens (including phenoxy) is 1. The van der Waals surface area contributed by atoms with Crippen LogP contribution < -0.4 is 20.3 Å². The van der Waals surface area contributed by atoms with E-state index in [0.717, 1.165) is 24.9 Å². The highest BCUT2D eigenvalue weighted by Gasteiger charge is 2.25. The molecule has 0 aliphatic carbocycles. The molecule has 2 aromatic heterocycles. The van der Waals surface area contributed by atoms with Crippen LogP contribution >= 0.6 is 0 Å². The quantitative estimate of drug-likeness (QED) is 0.496. The van der Waals surface area contributed by atoms with E-state index < -0.39 is 0 Å². The molecule has 0 radical (unpaired) electrons. The third kappa shape index (κ3) is 6.80. The number of nitrogens with zero attached hydrogens (tertiary/aromatic N) is 4. The number of pyridine rings is 2. The standard InChI is InChI=1S/C23H33FN6O/c1-16(2)12-17(3)31-21-13-18(7-10-26-21)14-28-23(25-4)29-19-8-11-30(15-19)22-20(24)6-5-9-27-22/h5-7,9-10,13,16-17,19H,8,11-12,14-15H2,1-4H3,(H2,25,28,29). The Balaban J connectivity index is 1.50. The molecular formula is C23H33FN6O. The second kappa shape index (κ2) is 10.9. The molecule has 7 nitrogen and oxygen atoms in total. The Labute approximate surface area is 184 Å². The first-order chi connectivity index (χ1) is 14.9. The minimum absolute atomic E-state index is 0.124. The fourth-order valence-corrected chi connectivity index (χ4v) is 3.80. The summed E-state index contributed by atoms with van der Waals surface area (Å²) < 4.78 is 19.9. The molecule has 0 saturated carbocycles. The van der Waals surface area contributed by atoms with Gasteiger partial charge < -0.3 is 20.3 Å². The molecule has 1 aliphatic heterocycles. The van der Waals surface area contributed by atoms with Crippen molar-refractivity contribution < 1.29 is 9.13 Å². The van der Waals surface area contributed by atoms with Gasteiger partial charge in [0.15, 0.2) is 17.6 Å². The number of rotatable bonds is 8. The Bertz CT molecular complexity index is 875. The van der Waals surface area contributed by atoms with Crippen LogP contribution in [0, 0.1) is 11.7 Å². The molecule has 2 atom stereocenters. The van der Waals surface area contributed by atoms with Gasteiger partial charge in [0.05, 0.1) is 6.10 Å². The minimum atomic E-state index is -0.288. The fourth-order valence-electron chi connectivity index (χ4n) is 3.80. The summed E-state index contributed by atoms with van der Waals surface area (Å²) in [4.78, 5) is 14.8. The van der Waals surface area contributed by atoms with Crippen molar-refractivity contribution in [3.63, 3.8) is 0 Å². The van der Waals surface area contributed by atoms with Crippen molar-refractivity contribution in [2.45, 2.75) is 52.3 Å². The molecule has 3 heterocycles. The summed E-state index contributed by atoms with van der Waals surface area (Å²) in [6.45, 7) is 8.46. The van der Waals surface area contributed by atoms with Gasteiger partial charge in [0.25, 0.3) is 0 Å². The van der Waals surface area contributed by atoms with Gasteiger partial charge in [-0.05, 0) is 49.4 Å². The highest BCUT2D eigenvalue weighted by atomic mass is 19.1. The van der Waals surface area contributed by atoms with E-state index in [1.807, 2.05) is 17.0 Å². The topological polar surface area (TPSA) is 74.7 Å². The first kappa shape index (κ1) is 22.8. The molecule has 0 spiro atoms. The zero-order valence-electron chi connectivity index (χ0n) is 18.8. The van der Waals surface area contributed by atoms with Crippen LogP contribution in [-0.2, 0) is 6.54 Å². The maximum absolute atomic E-state index is 14.0. The molecule has 168 valence electrons. The number of nitrogens with one attached hydrogen (secondary N) is 2. The summed E-state index contributed by atoms with van der Waals surface area (Å²) >= 11 is 0. The molecule has 0 amide bonds. The van der Waals surface area contributed by atoms with Gasteiger partial charge in [-0.1, -0.05) is 13.8 Å². The summed E-state index contributed by atoms with van der Waals surface area (Å²) in [6.07, 6.45) is 5.38. The lowest BCUT2D eigenvalue weighted by atomic mass is 10.1. The van der Waals surface area contributed by atoms with Crippen molar-refractivity contribution in [1.29, 1.82) is 0 Å². The molecule has 1 aliphatic rings. The molecular weight excluding hydrogens is 395 g/mol. The van der Waals surface area contributed by atoms with Gasteiger partial charge in [-0.25, -0.2) is 14.4 Å². The smallest absolute Gasteiger partial charge is 0.213 e. The number of halogens is 1. The lowest BCUT2D eigenvalue weighted by Crippen LogP contribution is -2.44. The SMILES string of the molecule is CN=C(NCc1ccnc(OC(C)CC(C)C)c1)NC1CCN(c2ncccc2F)C1. The van der Waals surface area contributed by atoms with E-state index in [1.165, 1.54) is 6.07 Å². The summed E-state index contributed by atoms with van der Waals surface area (Å²) in [5, 5.41) is 6.76. The van der Waals surface area contributed by atoms with Crippen LogP contribution in [0.4, 0.5) is 10.2 Å². The average molecular weight is 429 g/mol. The predicted molar refractivity (Wildman–Crippen MR) is 122 cm³/mol. The second-order valence-electron chi connectivity index (χ2n) is 8.37. The second-order valence-corrected chi connectivity index (χ2v) is 8.37. The van der Waals surface area contributed by atoms with Crippen LogP contribution in [0.5, 0.6) is 5.88 Å². The third-order valence-electron chi connectivity index (χ3n) is 5.18. The molecule has 1 fully saturated rings. The summed E-state index contributed by atoms with van der Waals surface area (Å²) in [5.41, 5.74) is 1.06. The van der Waals surface area contributed by atoms with E-state index in [-0.39, 0.29) is 18.0 Å². The molecule has 1 saturated heterocycles. The average Bonchev–Trinajstić information content (AvgIpc) is 3.19. The Kier molecular flexibility index (Phi) is 8.03. The lowest BCUT2D eigenvalue weighted by Gasteiger charge is -2.20. The molecule has 3 rings (SSSR count). The van der Waals surface area contributed by atoms with Crippen molar-refractivity contribution in [3.8, 4) is 5.88 Å². The number of hydrogen-bond donors (Lipinski definition) is 2. The first-order valence-corrected chi connectivity index (χ1v) is 10.9. The van der Waals surface area contributed by atoms with Crippen LogP contribution in [0.15, 0.2) is 41.7 Å². The van der Waals surface area contributed by atoms with E-state index >= 15 is 0 Å². The molecule has 0 bridgehead atoms. The van der Waals surface area contributed by atoms with Crippen molar-refractivity contribution in [1.82, 2.24) is 20.6 Å². The molecule has 2 N–H and O–H groups in total. The van der Waals surface area contributed by atoms with E-state index in [0.29, 0.717) is 36.7 Å². The normalized spacial score (nSPS) is 17.7. The highest BCUT2D eigenvalue weighted by molar-refractivity contribution is 5.80. The van der Waals surface area contributed by atoms with E-state index in [9.17, 15) is 4.39 Å². The Morgan fingerprint density at radius 3 is 2.87 bits per heavy atom. The van der Waals surface area contributed by atoms with Crippen LogP contribution in [0.2, 0.25) is 0 Å². The molecule has 2 aromatic rings. The van der Waals surface area contributed by atoms with Gasteiger partial charge in [-0.3, -0.25) is 4.99 Å². The Morgan fingerprint density at radius 1 is 1.29 bits per heavy atom. The molecule has 2 unspecified atom stereocenters. The Hall–Kier alpha value is -2.90. The van der Waals surface area contributed by atoms with E-state index in [4.69, 9.17) is 4.74 Å². The fraction of sp³-hybridized carbons (Fsp3) is 0.522. The van der Waals surface area contributed by atoms with Gasteiger partial charge in [-0.2, -0.15) is 0 Å². The Morgan fingerprint density at radius 2 is 2.13 bits per heavy atom. The lowest BCUT2D eigenvalue weighted by molar-refractivity contribution is 0.185. The largest absolute Gasteiger partial charge is 0.475 e. The van der Waals surface area contributed by atoms with Crippen molar-refractivity contribution in [2.24, 2.45) is 10.9 Å². The summed E-state index contributed by atoms with van der Waals surface area (Å²) in [6, 6.07) is 7.14. The zero-order valence-corrected chi connectivity index (χ0v) is 18.8.